The van der Waals surface area contributed by atoms with Crippen molar-refractivity contribution in [1.29, 1.82) is 0 Å². The van der Waals surface area contributed by atoms with Crippen LogP contribution in [0, 0.1) is 0 Å². The van der Waals surface area contributed by atoms with E-state index in [1.165, 1.54) is 0 Å². The van der Waals surface area contributed by atoms with Gasteiger partial charge in [-0.3, -0.25) is 4.79 Å². The lowest BCUT2D eigenvalue weighted by molar-refractivity contribution is -0.130. The van der Waals surface area contributed by atoms with E-state index < -0.39 is 0 Å². The zero-order valence-corrected chi connectivity index (χ0v) is 10.6. The van der Waals surface area contributed by atoms with Crippen molar-refractivity contribution in [2.75, 3.05) is 20.3 Å². The standard InChI is InChI=1S/C14H19NO3/c1-17-13(11-6-3-2-4-7-11)10-15-14(16)12-8-5-9-18-12/h2-4,6-7,12-13H,5,8-10H2,1H3,(H,15,16)/t12-,13+/m1/s1. The number of hydrogen-bond donors (Lipinski definition) is 1. The van der Waals surface area contributed by atoms with Crippen LogP contribution in [0.15, 0.2) is 30.3 Å². The van der Waals surface area contributed by atoms with Gasteiger partial charge in [-0.2, -0.15) is 0 Å². The first kappa shape index (κ1) is 13.1. The molecule has 0 bridgehead atoms. The van der Waals surface area contributed by atoms with Crippen molar-refractivity contribution in [2.45, 2.75) is 25.0 Å². The van der Waals surface area contributed by atoms with Crippen molar-refractivity contribution in [3.63, 3.8) is 0 Å². The molecule has 1 heterocycles. The van der Waals surface area contributed by atoms with Gasteiger partial charge in [0.05, 0.1) is 6.10 Å². The molecule has 0 radical (unpaired) electrons. The number of carbonyl (C=O) groups is 1. The van der Waals surface area contributed by atoms with Crippen LogP contribution in [0.1, 0.15) is 24.5 Å². The molecule has 18 heavy (non-hydrogen) atoms. The predicted octanol–water partition coefficient (Wildman–Crippen LogP) is 1.67. The monoisotopic (exact) mass is 249 g/mol. The number of amides is 1. The number of carbonyl (C=O) groups excluding carboxylic acids is 1. The predicted molar refractivity (Wildman–Crippen MR) is 68.2 cm³/mol. The van der Waals surface area contributed by atoms with Gasteiger partial charge in [0.15, 0.2) is 0 Å². The Balaban J connectivity index is 1.85. The van der Waals surface area contributed by atoms with E-state index in [2.05, 4.69) is 5.32 Å². The van der Waals surface area contributed by atoms with Gasteiger partial charge in [0, 0.05) is 20.3 Å². The van der Waals surface area contributed by atoms with Crippen LogP contribution < -0.4 is 5.32 Å². The second kappa shape index (κ2) is 6.52. The highest BCUT2D eigenvalue weighted by atomic mass is 16.5. The maximum atomic E-state index is 11.8. The molecular formula is C14H19NO3. The Kier molecular flexibility index (Phi) is 4.73. The molecule has 4 heteroatoms. The fraction of sp³-hybridized carbons (Fsp3) is 0.500. The fourth-order valence-electron chi connectivity index (χ4n) is 2.10. The molecule has 4 nitrogen and oxygen atoms in total. The smallest absolute Gasteiger partial charge is 0.249 e. The van der Waals surface area contributed by atoms with Crippen LogP contribution >= 0.6 is 0 Å². The minimum absolute atomic E-state index is 0.0366. The zero-order valence-electron chi connectivity index (χ0n) is 10.6. The maximum Gasteiger partial charge on any atom is 0.249 e. The summed E-state index contributed by atoms with van der Waals surface area (Å²) >= 11 is 0. The zero-order chi connectivity index (χ0) is 12.8. The lowest BCUT2D eigenvalue weighted by Crippen LogP contribution is -2.37. The van der Waals surface area contributed by atoms with Gasteiger partial charge in [-0.25, -0.2) is 0 Å². The van der Waals surface area contributed by atoms with Gasteiger partial charge >= 0.3 is 0 Å². The second-order valence-corrected chi connectivity index (χ2v) is 4.38. The Labute approximate surface area is 107 Å². The summed E-state index contributed by atoms with van der Waals surface area (Å²) in [7, 11) is 1.65. The van der Waals surface area contributed by atoms with Crippen molar-refractivity contribution < 1.29 is 14.3 Å². The van der Waals surface area contributed by atoms with Crippen LogP contribution in [0.5, 0.6) is 0 Å². The first-order chi connectivity index (χ1) is 8.81. The molecule has 0 spiro atoms. The number of ether oxygens (including phenoxy) is 2. The van der Waals surface area contributed by atoms with Gasteiger partial charge in [0.2, 0.25) is 5.91 Å². The Hall–Kier alpha value is -1.39. The van der Waals surface area contributed by atoms with Gasteiger partial charge in [0.25, 0.3) is 0 Å². The molecule has 1 fully saturated rings. The summed E-state index contributed by atoms with van der Waals surface area (Å²) in [5.41, 5.74) is 1.06. The van der Waals surface area contributed by atoms with E-state index in [0.717, 1.165) is 18.4 Å². The summed E-state index contributed by atoms with van der Waals surface area (Å²) in [6.07, 6.45) is 1.38. The summed E-state index contributed by atoms with van der Waals surface area (Å²) in [4.78, 5) is 11.8. The van der Waals surface area contributed by atoms with Crippen LogP contribution in [0.3, 0.4) is 0 Å². The number of nitrogens with one attached hydrogen (secondary N) is 1. The molecule has 0 saturated carbocycles. The largest absolute Gasteiger partial charge is 0.375 e. The minimum Gasteiger partial charge on any atom is -0.375 e. The summed E-state index contributed by atoms with van der Waals surface area (Å²) < 4.78 is 10.7. The van der Waals surface area contributed by atoms with Gasteiger partial charge in [-0.1, -0.05) is 30.3 Å². The van der Waals surface area contributed by atoms with Crippen molar-refractivity contribution in [3.8, 4) is 0 Å². The molecule has 1 aromatic carbocycles. The minimum atomic E-state index is -0.279. The SMILES string of the molecule is CO[C@@H](CNC(=O)[C@H]1CCCO1)c1ccccc1. The Bertz CT molecular complexity index is 374. The topological polar surface area (TPSA) is 47.6 Å². The summed E-state index contributed by atoms with van der Waals surface area (Å²) in [6, 6.07) is 9.87. The highest BCUT2D eigenvalue weighted by molar-refractivity contribution is 5.80. The van der Waals surface area contributed by atoms with Crippen molar-refractivity contribution in [1.82, 2.24) is 5.32 Å². The quantitative estimate of drug-likeness (QED) is 0.863. The first-order valence-electron chi connectivity index (χ1n) is 6.28. The molecule has 1 saturated heterocycles. The maximum absolute atomic E-state index is 11.8. The van der Waals surface area contributed by atoms with Crippen LogP contribution in [-0.4, -0.2) is 32.3 Å². The molecule has 98 valence electrons. The highest BCUT2D eigenvalue weighted by Gasteiger charge is 2.24. The average molecular weight is 249 g/mol. The molecule has 0 aromatic heterocycles. The Morgan fingerprint density at radius 3 is 2.89 bits per heavy atom. The molecule has 1 aliphatic heterocycles. The van der Waals surface area contributed by atoms with Crippen LogP contribution in [-0.2, 0) is 14.3 Å². The van der Waals surface area contributed by atoms with Gasteiger partial charge in [-0.15, -0.1) is 0 Å². The molecular weight excluding hydrogens is 230 g/mol. The fourth-order valence-corrected chi connectivity index (χ4v) is 2.10. The molecule has 1 N–H and O–H groups in total. The van der Waals surface area contributed by atoms with E-state index in [4.69, 9.17) is 9.47 Å². The third-order valence-corrected chi connectivity index (χ3v) is 3.14. The van der Waals surface area contributed by atoms with E-state index in [-0.39, 0.29) is 18.1 Å². The van der Waals surface area contributed by atoms with E-state index in [0.29, 0.717) is 13.2 Å². The Morgan fingerprint density at radius 2 is 2.28 bits per heavy atom. The van der Waals surface area contributed by atoms with E-state index in [9.17, 15) is 4.79 Å². The normalized spacial score (nSPS) is 20.6. The molecule has 0 aliphatic carbocycles. The van der Waals surface area contributed by atoms with Crippen molar-refractivity contribution in [2.24, 2.45) is 0 Å². The first-order valence-corrected chi connectivity index (χ1v) is 6.28. The van der Waals surface area contributed by atoms with Gasteiger partial charge < -0.3 is 14.8 Å². The van der Waals surface area contributed by atoms with E-state index >= 15 is 0 Å². The van der Waals surface area contributed by atoms with Crippen LogP contribution in [0.2, 0.25) is 0 Å². The van der Waals surface area contributed by atoms with Crippen molar-refractivity contribution >= 4 is 5.91 Å². The van der Waals surface area contributed by atoms with Crippen LogP contribution in [0.4, 0.5) is 0 Å². The average Bonchev–Trinajstić information content (AvgIpc) is 2.94. The second-order valence-electron chi connectivity index (χ2n) is 4.38. The summed E-state index contributed by atoms with van der Waals surface area (Å²) in [5, 5.41) is 2.89. The molecule has 1 aromatic rings. The van der Waals surface area contributed by atoms with Gasteiger partial charge in [-0.05, 0) is 18.4 Å². The molecule has 1 amide bonds. The Morgan fingerprint density at radius 1 is 1.50 bits per heavy atom. The summed E-state index contributed by atoms with van der Waals surface area (Å²) in [5.74, 6) is -0.0366. The van der Waals surface area contributed by atoms with Crippen molar-refractivity contribution in [3.05, 3.63) is 35.9 Å². The van der Waals surface area contributed by atoms with Crippen LogP contribution in [0.25, 0.3) is 0 Å². The lowest BCUT2D eigenvalue weighted by atomic mass is 10.1. The molecule has 2 rings (SSSR count). The van der Waals surface area contributed by atoms with Gasteiger partial charge in [0.1, 0.15) is 6.10 Å². The molecule has 0 unspecified atom stereocenters. The third-order valence-electron chi connectivity index (χ3n) is 3.14. The highest BCUT2D eigenvalue weighted by Crippen LogP contribution is 2.16. The number of methoxy groups -OCH3 is 1. The summed E-state index contributed by atoms with van der Waals surface area (Å²) in [6.45, 7) is 1.16. The number of hydrogen-bond acceptors (Lipinski definition) is 3. The number of benzene rings is 1. The molecule has 2 atom stereocenters. The third kappa shape index (κ3) is 3.31. The van der Waals surface area contributed by atoms with E-state index in [1.54, 1.807) is 7.11 Å². The lowest BCUT2D eigenvalue weighted by Gasteiger charge is -2.18. The molecule has 1 aliphatic rings. The van der Waals surface area contributed by atoms with E-state index in [1.807, 2.05) is 30.3 Å². The number of rotatable bonds is 5.